The van der Waals surface area contributed by atoms with E-state index in [4.69, 9.17) is 11.6 Å². The highest BCUT2D eigenvalue weighted by molar-refractivity contribution is 7.10. The molecule has 1 heterocycles. The molecule has 0 spiro atoms. The van der Waals surface area contributed by atoms with Gasteiger partial charge in [-0.1, -0.05) is 41.1 Å². The minimum absolute atomic E-state index is 0.148. The first-order valence-corrected chi connectivity index (χ1v) is 8.45. The Balaban J connectivity index is 2.03. The number of phenols is 1. The molecule has 0 aliphatic carbocycles. The van der Waals surface area contributed by atoms with E-state index in [0.717, 1.165) is 11.3 Å². The largest absolute Gasteiger partial charge is 0.508 e. The lowest BCUT2D eigenvalue weighted by Gasteiger charge is -2.00. The number of phenolic OH excluding ortho intramolecular Hbond substituents is 1. The van der Waals surface area contributed by atoms with Gasteiger partial charge in [0, 0.05) is 11.9 Å². The average Bonchev–Trinajstić information content (AvgIpc) is 2.99. The topological polar surface area (TPSA) is 79.8 Å². The fourth-order valence-corrected chi connectivity index (χ4v) is 2.96. The van der Waals surface area contributed by atoms with Gasteiger partial charge in [-0.3, -0.25) is 4.79 Å². The van der Waals surface area contributed by atoms with Crippen LogP contribution in [0.5, 0.6) is 5.75 Å². The van der Waals surface area contributed by atoms with Crippen LogP contribution in [-0.4, -0.2) is 26.9 Å². The zero-order valence-corrected chi connectivity index (χ0v) is 14.7. The van der Waals surface area contributed by atoms with Gasteiger partial charge < -0.3 is 5.11 Å². The third-order valence-corrected chi connectivity index (χ3v) is 4.37. The summed E-state index contributed by atoms with van der Waals surface area (Å²) in [6.45, 7) is 1.45. The van der Waals surface area contributed by atoms with E-state index < -0.39 is 0 Å². The predicted molar refractivity (Wildman–Crippen MR) is 97.7 cm³/mol. The molecule has 0 atom stereocenters. The molecule has 0 saturated heterocycles. The second kappa shape index (κ2) is 7.42. The molecule has 1 N–H and O–H groups in total. The van der Waals surface area contributed by atoms with Crippen molar-refractivity contribution in [2.75, 3.05) is 0 Å². The first-order chi connectivity index (χ1) is 12.0. The van der Waals surface area contributed by atoms with Crippen LogP contribution in [0.3, 0.4) is 0 Å². The van der Waals surface area contributed by atoms with E-state index in [1.807, 2.05) is 6.07 Å². The number of carbonyl (C=O) groups excluding carboxylic acids is 1. The molecule has 0 unspecified atom stereocenters. The minimum Gasteiger partial charge on any atom is -0.508 e. The Morgan fingerprint density at radius 2 is 2.08 bits per heavy atom. The summed E-state index contributed by atoms with van der Waals surface area (Å²) >= 11 is 7.16. The van der Waals surface area contributed by atoms with Crippen LogP contribution in [0.4, 0.5) is 0 Å². The van der Waals surface area contributed by atoms with Crippen LogP contribution >= 0.6 is 22.9 Å². The standard InChI is InChI=1S/C17H13ClN4O2S/c1-11(23)16-21-22(14-6-3-5-13(18)9-14)17(25-16)20-19-10-12-4-2-7-15(24)8-12/h2-10,24H,1H3/b19-10-,20-17+. The summed E-state index contributed by atoms with van der Waals surface area (Å²) in [5.41, 5.74) is 1.39. The summed E-state index contributed by atoms with van der Waals surface area (Å²) < 4.78 is 1.52. The molecular formula is C17H13ClN4O2S. The van der Waals surface area contributed by atoms with E-state index in [0.29, 0.717) is 26.1 Å². The van der Waals surface area contributed by atoms with Crippen molar-refractivity contribution in [2.24, 2.45) is 10.2 Å². The SMILES string of the molecule is CC(=O)c1nn(-c2cccc(Cl)c2)/c(=N\N=C/c2cccc(O)c2)s1. The summed E-state index contributed by atoms with van der Waals surface area (Å²) in [6.07, 6.45) is 1.51. The van der Waals surface area contributed by atoms with E-state index in [9.17, 15) is 9.90 Å². The molecule has 0 bridgehead atoms. The second-order valence-corrected chi connectivity index (χ2v) is 6.47. The van der Waals surface area contributed by atoms with Gasteiger partial charge in [-0.2, -0.15) is 10.2 Å². The number of aromatic hydroxyl groups is 1. The molecule has 0 aliphatic heterocycles. The Kier molecular flexibility index (Phi) is 5.06. The van der Waals surface area contributed by atoms with Crippen molar-refractivity contribution in [3.63, 3.8) is 0 Å². The maximum absolute atomic E-state index is 11.6. The lowest BCUT2D eigenvalue weighted by atomic mass is 10.2. The molecule has 0 aliphatic rings. The Morgan fingerprint density at radius 3 is 2.80 bits per heavy atom. The van der Waals surface area contributed by atoms with Gasteiger partial charge in [-0.05, 0) is 35.9 Å². The number of hydrogen-bond donors (Lipinski definition) is 1. The molecule has 6 nitrogen and oxygen atoms in total. The Morgan fingerprint density at radius 1 is 1.28 bits per heavy atom. The maximum atomic E-state index is 11.6. The Bertz CT molecular complexity index is 1020. The zero-order chi connectivity index (χ0) is 17.8. The summed E-state index contributed by atoms with van der Waals surface area (Å²) in [4.78, 5) is 12.1. The number of nitrogens with zero attached hydrogens (tertiary/aromatic N) is 4. The zero-order valence-electron chi connectivity index (χ0n) is 13.1. The smallest absolute Gasteiger partial charge is 0.233 e. The quantitative estimate of drug-likeness (QED) is 0.433. The highest BCUT2D eigenvalue weighted by atomic mass is 35.5. The summed E-state index contributed by atoms with van der Waals surface area (Å²) in [5.74, 6) is -0.00575. The monoisotopic (exact) mass is 372 g/mol. The van der Waals surface area contributed by atoms with E-state index in [-0.39, 0.29) is 11.5 Å². The van der Waals surface area contributed by atoms with E-state index in [2.05, 4.69) is 15.3 Å². The van der Waals surface area contributed by atoms with Crippen LogP contribution in [0.1, 0.15) is 22.3 Å². The van der Waals surface area contributed by atoms with E-state index >= 15 is 0 Å². The first kappa shape index (κ1) is 17.1. The first-order valence-electron chi connectivity index (χ1n) is 7.26. The number of rotatable bonds is 4. The molecule has 25 heavy (non-hydrogen) atoms. The van der Waals surface area contributed by atoms with Crippen molar-refractivity contribution in [2.45, 2.75) is 6.92 Å². The number of halogens is 1. The van der Waals surface area contributed by atoms with Crippen molar-refractivity contribution in [3.05, 3.63) is 68.9 Å². The van der Waals surface area contributed by atoms with Gasteiger partial charge in [-0.15, -0.1) is 5.10 Å². The van der Waals surface area contributed by atoms with Crippen LogP contribution in [0.15, 0.2) is 58.7 Å². The summed E-state index contributed by atoms with van der Waals surface area (Å²) in [6, 6.07) is 13.7. The van der Waals surface area contributed by atoms with Crippen LogP contribution in [0.2, 0.25) is 5.02 Å². The number of ketones is 1. The molecule has 0 amide bonds. The number of Topliss-reactive ketones (excluding diaryl/α,β-unsaturated/α-hetero) is 1. The lowest BCUT2D eigenvalue weighted by molar-refractivity contribution is 0.101. The van der Waals surface area contributed by atoms with Crippen molar-refractivity contribution in [3.8, 4) is 11.4 Å². The van der Waals surface area contributed by atoms with Gasteiger partial charge >= 0.3 is 0 Å². The minimum atomic E-state index is -0.154. The summed E-state index contributed by atoms with van der Waals surface area (Å²) in [5, 5.41) is 22.8. The average molecular weight is 373 g/mol. The molecule has 0 fully saturated rings. The Labute approximate surface area is 152 Å². The van der Waals surface area contributed by atoms with Crippen LogP contribution < -0.4 is 4.80 Å². The van der Waals surface area contributed by atoms with Crippen molar-refractivity contribution >= 4 is 34.9 Å². The molecule has 1 aromatic heterocycles. The molecular weight excluding hydrogens is 360 g/mol. The van der Waals surface area contributed by atoms with Gasteiger partial charge in [0.1, 0.15) is 5.75 Å². The lowest BCUT2D eigenvalue weighted by Crippen LogP contribution is -2.14. The van der Waals surface area contributed by atoms with E-state index in [1.54, 1.807) is 42.5 Å². The highest BCUT2D eigenvalue weighted by Crippen LogP contribution is 2.14. The predicted octanol–water partition coefficient (Wildman–Crippen LogP) is 3.43. The van der Waals surface area contributed by atoms with Gasteiger partial charge in [0.05, 0.1) is 11.9 Å². The van der Waals surface area contributed by atoms with Gasteiger partial charge in [0.25, 0.3) is 0 Å². The van der Waals surface area contributed by atoms with Crippen LogP contribution in [0.25, 0.3) is 5.69 Å². The van der Waals surface area contributed by atoms with Crippen LogP contribution in [0, 0.1) is 0 Å². The normalized spacial score (nSPS) is 12.0. The maximum Gasteiger partial charge on any atom is 0.233 e. The third-order valence-electron chi connectivity index (χ3n) is 3.13. The van der Waals surface area contributed by atoms with Gasteiger partial charge in [-0.25, -0.2) is 4.68 Å². The van der Waals surface area contributed by atoms with Crippen molar-refractivity contribution < 1.29 is 9.90 Å². The Hall–Kier alpha value is -2.77. The van der Waals surface area contributed by atoms with Gasteiger partial charge in [0.15, 0.2) is 10.8 Å². The highest BCUT2D eigenvalue weighted by Gasteiger charge is 2.10. The number of benzene rings is 2. The molecule has 126 valence electrons. The fraction of sp³-hybridized carbons (Fsp3) is 0.0588. The molecule has 3 aromatic rings. The van der Waals surface area contributed by atoms with Crippen LogP contribution in [-0.2, 0) is 0 Å². The van der Waals surface area contributed by atoms with Crippen molar-refractivity contribution in [1.82, 2.24) is 9.78 Å². The molecule has 2 aromatic carbocycles. The van der Waals surface area contributed by atoms with Gasteiger partial charge in [0.2, 0.25) is 4.80 Å². The fourth-order valence-electron chi connectivity index (χ4n) is 2.01. The molecule has 0 radical (unpaired) electrons. The molecule has 8 heteroatoms. The molecule has 3 rings (SSSR count). The number of aromatic nitrogens is 2. The second-order valence-electron chi connectivity index (χ2n) is 5.08. The van der Waals surface area contributed by atoms with E-state index in [1.165, 1.54) is 17.8 Å². The number of hydrogen-bond acceptors (Lipinski definition) is 6. The third kappa shape index (κ3) is 4.20. The number of carbonyl (C=O) groups is 1. The molecule has 0 saturated carbocycles. The van der Waals surface area contributed by atoms with Crippen molar-refractivity contribution in [1.29, 1.82) is 0 Å². The summed E-state index contributed by atoms with van der Waals surface area (Å²) in [7, 11) is 0.